The molecule has 0 aliphatic rings. The molecule has 1 aromatic heterocycles. The molecule has 0 fully saturated rings. The lowest BCUT2D eigenvalue weighted by atomic mass is 9.98. The van der Waals surface area contributed by atoms with Gasteiger partial charge in [0.2, 0.25) is 0 Å². The molecule has 0 amide bonds. The van der Waals surface area contributed by atoms with Gasteiger partial charge in [0.25, 0.3) is 0 Å². The molecule has 2 nitrogen and oxygen atoms in total. The number of fused-ring (bicyclic) bond motifs is 4. The molecule has 0 N–H and O–H groups in total. The lowest BCUT2D eigenvalue weighted by molar-refractivity contribution is 0.670. The van der Waals surface area contributed by atoms with E-state index in [1.165, 1.54) is 33.0 Å². The molecule has 0 spiro atoms. The van der Waals surface area contributed by atoms with Gasteiger partial charge >= 0.3 is 0 Å². The lowest BCUT2D eigenvalue weighted by Gasteiger charge is -2.27. The summed E-state index contributed by atoms with van der Waals surface area (Å²) < 4.78 is 6.44. The zero-order valence-corrected chi connectivity index (χ0v) is 26.3. The number of hydrogen-bond donors (Lipinski definition) is 0. The van der Waals surface area contributed by atoms with Crippen molar-refractivity contribution in [2.24, 2.45) is 0 Å². The topological polar surface area (TPSA) is 16.4 Å². The minimum atomic E-state index is 0.905. The van der Waals surface area contributed by atoms with Gasteiger partial charge in [-0.1, -0.05) is 146 Å². The predicted octanol–water partition coefficient (Wildman–Crippen LogP) is 13.2. The molecule has 0 bridgehead atoms. The van der Waals surface area contributed by atoms with Crippen LogP contribution in [-0.2, 0) is 0 Å². The first-order chi connectivity index (χ1) is 23.8. The molecule has 226 valence electrons. The molecule has 0 atom stereocenters. The van der Waals surface area contributed by atoms with Gasteiger partial charge in [0.05, 0.1) is 5.69 Å². The number of rotatable bonds is 6. The number of para-hydroxylation sites is 2. The van der Waals surface area contributed by atoms with Crippen molar-refractivity contribution in [1.82, 2.24) is 0 Å². The predicted molar refractivity (Wildman–Crippen MR) is 202 cm³/mol. The lowest BCUT2D eigenvalue weighted by Crippen LogP contribution is -2.10. The van der Waals surface area contributed by atoms with E-state index >= 15 is 0 Å². The van der Waals surface area contributed by atoms with Gasteiger partial charge in [0.1, 0.15) is 11.2 Å². The second kappa shape index (κ2) is 11.8. The highest BCUT2D eigenvalue weighted by atomic mass is 16.3. The fourth-order valence-corrected chi connectivity index (χ4v) is 6.93. The molecule has 0 aliphatic carbocycles. The van der Waals surface area contributed by atoms with E-state index in [-0.39, 0.29) is 0 Å². The van der Waals surface area contributed by atoms with Crippen LogP contribution in [0.15, 0.2) is 192 Å². The van der Waals surface area contributed by atoms with Gasteiger partial charge in [-0.3, -0.25) is 0 Å². The van der Waals surface area contributed by atoms with Crippen LogP contribution in [0.3, 0.4) is 0 Å². The van der Waals surface area contributed by atoms with Gasteiger partial charge in [-0.25, -0.2) is 0 Å². The molecule has 48 heavy (non-hydrogen) atoms. The molecule has 2 heteroatoms. The van der Waals surface area contributed by atoms with Crippen LogP contribution in [0.5, 0.6) is 0 Å². The van der Waals surface area contributed by atoms with Gasteiger partial charge in [0, 0.05) is 33.1 Å². The van der Waals surface area contributed by atoms with E-state index < -0.39 is 0 Å². The Labute approximate surface area is 279 Å². The van der Waals surface area contributed by atoms with Crippen LogP contribution in [-0.4, -0.2) is 0 Å². The second-order valence-electron chi connectivity index (χ2n) is 12.2. The minimum Gasteiger partial charge on any atom is -0.455 e. The number of hydrogen-bond acceptors (Lipinski definition) is 2. The van der Waals surface area contributed by atoms with Crippen molar-refractivity contribution in [1.29, 1.82) is 0 Å². The van der Waals surface area contributed by atoms with Crippen molar-refractivity contribution in [2.75, 3.05) is 4.90 Å². The van der Waals surface area contributed by atoms with Crippen LogP contribution in [0.1, 0.15) is 0 Å². The van der Waals surface area contributed by atoms with Crippen molar-refractivity contribution in [3.63, 3.8) is 0 Å². The molecule has 0 saturated heterocycles. The monoisotopic (exact) mass is 613 g/mol. The first-order valence-electron chi connectivity index (χ1n) is 16.3. The van der Waals surface area contributed by atoms with Gasteiger partial charge < -0.3 is 9.32 Å². The maximum Gasteiger partial charge on any atom is 0.143 e. The van der Waals surface area contributed by atoms with Crippen molar-refractivity contribution in [3.05, 3.63) is 188 Å². The molecule has 0 radical (unpaired) electrons. The highest BCUT2D eigenvalue weighted by Crippen LogP contribution is 2.42. The van der Waals surface area contributed by atoms with Crippen molar-refractivity contribution in [3.8, 4) is 33.4 Å². The van der Waals surface area contributed by atoms with Crippen molar-refractivity contribution < 1.29 is 4.42 Å². The third-order valence-corrected chi connectivity index (χ3v) is 9.26. The van der Waals surface area contributed by atoms with Crippen LogP contribution in [0, 0.1) is 0 Å². The molecule has 0 unspecified atom stereocenters. The van der Waals surface area contributed by atoms with Crippen LogP contribution in [0.25, 0.3) is 66.1 Å². The van der Waals surface area contributed by atoms with Crippen molar-refractivity contribution >= 4 is 49.8 Å². The number of nitrogens with zero attached hydrogens (tertiary/aromatic N) is 1. The molecule has 9 aromatic rings. The number of furan rings is 1. The molecular formula is C46H31NO. The van der Waals surface area contributed by atoms with E-state index in [0.717, 1.165) is 50.1 Å². The van der Waals surface area contributed by atoms with Gasteiger partial charge in [-0.05, 0) is 75.7 Å². The maximum absolute atomic E-state index is 6.44. The van der Waals surface area contributed by atoms with Gasteiger partial charge in [-0.15, -0.1) is 0 Å². The Bertz CT molecular complexity index is 2560. The Morgan fingerprint density at radius 1 is 0.354 bits per heavy atom. The van der Waals surface area contributed by atoms with Crippen LogP contribution >= 0.6 is 0 Å². The zero-order valence-electron chi connectivity index (χ0n) is 26.3. The van der Waals surface area contributed by atoms with Crippen molar-refractivity contribution in [2.45, 2.75) is 0 Å². The van der Waals surface area contributed by atoms with Crippen LogP contribution in [0.4, 0.5) is 17.1 Å². The van der Waals surface area contributed by atoms with Gasteiger partial charge in [-0.2, -0.15) is 0 Å². The summed E-state index contributed by atoms with van der Waals surface area (Å²) in [6.45, 7) is 0. The highest BCUT2D eigenvalue weighted by molar-refractivity contribution is 6.09. The van der Waals surface area contributed by atoms with E-state index in [9.17, 15) is 0 Å². The molecule has 9 rings (SSSR count). The van der Waals surface area contributed by atoms with Gasteiger partial charge in [0.15, 0.2) is 0 Å². The molecule has 0 saturated carbocycles. The summed E-state index contributed by atoms with van der Waals surface area (Å²) in [6, 6.07) is 66.9. The molecule has 8 aromatic carbocycles. The van der Waals surface area contributed by atoms with Crippen LogP contribution in [0.2, 0.25) is 0 Å². The Morgan fingerprint density at radius 2 is 0.958 bits per heavy atom. The summed E-state index contributed by atoms with van der Waals surface area (Å²) in [4.78, 5) is 2.37. The Balaban J connectivity index is 1.17. The Morgan fingerprint density at radius 3 is 1.81 bits per heavy atom. The normalized spacial score (nSPS) is 11.3. The summed E-state index contributed by atoms with van der Waals surface area (Å²) in [6.07, 6.45) is 0. The van der Waals surface area contributed by atoms with E-state index in [2.05, 4.69) is 181 Å². The fourth-order valence-electron chi connectivity index (χ4n) is 6.93. The quantitative estimate of drug-likeness (QED) is 0.185. The van der Waals surface area contributed by atoms with Crippen LogP contribution < -0.4 is 4.90 Å². The highest BCUT2D eigenvalue weighted by Gasteiger charge is 2.18. The third kappa shape index (κ3) is 4.92. The molecule has 1 heterocycles. The average Bonchev–Trinajstić information content (AvgIpc) is 3.55. The summed E-state index contributed by atoms with van der Waals surface area (Å²) in [5.74, 6) is 0. The SMILES string of the molecule is c1ccc(-c2cccc(-c3ccc(N(c4cccc(-c5cccc6c5oc5ccccc56)c4)c4cccc5ccccc45)cc3)c2)cc1. The molecular weight excluding hydrogens is 583 g/mol. The second-order valence-corrected chi connectivity index (χ2v) is 12.2. The summed E-state index contributed by atoms with van der Waals surface area (Å²) in [5, 5.41) is 4.67. The standard InChI is InChI=1S/C46H31NO/c1-2-12-32(13-3-1)35-16-8-17-36(30-35)33-26-28-38(29-27-33)47(44-24-10-15-34-14-4-5-20-40(34)44)39-19-9-18-37(31-39)41-22-11-23-43-42-21-6-7-25-45(42)48-46(41)43/h1-31H. The number of benzene rings is 8. The largest absolute Gasteiger partial charge is 0.455 e. The smallest absolute Gasteiger partial charge is 0.143 e. The molecule has 0 aliphatic heterocycles. The minimum absolute atomic E-state index is 0.905. The van der Waals surface area contributed by atoms with E-state index in [0.29, 0.717) is 0 Å². The summed E-state index contributed by atoms with van der Waals surface area (Å²) in [7, 11) is 0. The first kappa shape index (κ1) is 27.9. The third-order valence-electron chi connectivity index (χ3n) is 9.26. The fraction of sp³-hybridized carbons (Fsp3) is 0. The van der Waals surface area contributed by atoms with E-state index in [4.69, 9.17) is 4.42 Å². The van der Waals surface area contributed by atoms with E-state index in [1.807, 2.05) is 12.1 Å². The van der Waals surface area contributed by atoms with E-state index in [1.54, 1.807) is 0 Å². The summed E-state index contributed by atoms with van der Waals surface area (Å²) in [5.41, 5.74) is 12.1. The first-order valence-corrected chi connectivity index (χ1v) is 16.3. The maximum atomic E-state index is 6.44. The average molecular weight is 614 g/mol. The Kier molecular flexibility index (Phi) is 6.84. The summed E-state index contributed by atoms with van der Waals surface area (Å²) >= 11 is 0. The zero-order chi connectivity index (χ0) is 31.9. The Hall–Kier alpha value is -6.38. The number of anilines is 3.